The van der Waals surface area contributed by atoms with Gasteiger partial charge in [0.25, 0.3) is 5.91 Å². The molecule has 2 rings (SSSR count). The van der Waals surface area contributed by atoms with E-state index < -0.39 is 0 Å². The molecule has 0 aliphatic carbocycles. The van der Waals surface area contributed by atoms with Crippen LogP contribution in [0.2, 0.25) is 0 Å². The lowest BCUT2D eigenvalue weighted by Crippen LogP contribution is -2.28. The topological polar surface area (TPSA) is 62.5 Å². The fraction of sp³-hybridized carbons (Fsp3) is 0.421. The van der Waals surface area contributed by atoms with Gasteiger partial charge in [-0.15, -0.1) is 0 Å². The monoisotopic (exact) mass is 315 g/mol. The summed E-state index contributed by atoms with van der Waals surface area (Å²) < 4.78 is 5.70. The van der Waals surface area contributed by atoms with Crippen molar-refractivity contribution < 1.29 is 14.3 Å². The molecule has 1 unspecified atom stereocenters. The second-order valence-electron chi connectivity index (χ2n) is 5.57. The van der Waals surface area contributed by atoms with Crippen LogP contribution >= 0.6 is 0 Å². The van der Waals surface area contributed by atoms with Crippen molar-refractivity contribution in [3.05, 3.63) is 59.0 Å². The van der Waals surface area contributed by atoms with Gasteiger partial charge in [-0.05, 0) is 36.5 Å². The first-order valence-electron chi connectivity index (χ1n) is 8.27. The van der Waals surface area contributed by atoms with Crippen LogP contribution in [0.5, 0.6) is 0 Å². The molecule has 0 aliphatic rings. The smallest absolute Gasteiger partial charge is 0.287 e. The highest BCUT2D eigenvalue weighted by Crippen LogP contribution is 2.21. The third-order valence-corrected chi connectivity index (χ3v) is 3.98. The van der Waals surface area contributed by atoms with Gasteiger partial charge in [0.15, 0.2) is 5.76 Å². The van der Waals surface area contributed by atoms with Crippen LogP contribution in [-0.2, 0) is 12.8 Å². The first kappa shape index (κ1) is 17.3. The molecule has 0 fully saturated rings. The Morgan fingerprint density at radius 1 is 1.22 bits per heavy atom. The molecule has 0 radical (unpaired) electrons. The molecule has 0 bridgehead atoms. The number of nitrogens with one attached hydrogen (secondary N) is 1. The van der Waals surface area contributed by atoms with Gasteiger partial charge in [0.05, 0.1) is 6.04 Å². The number of hydrogen-bond acceptors (Lipinski definition) is 3. The maximum absolute atomic E-state index is 12.5. The van der Waals surface area contributed by atoms with E-state index in [4.69, 9.17) is 9.52 Å². The number of benzene rings is 1. The van der Waals surface area contributed by atoms with E-state index in [9.17, 15) is 4.79 Å². The zero-order valence-corrected chi connectivity index (χ0v) is 13.8. The summed E-state index contributed by atoms with van der Waals surface area (Å²) in [5.41, 5.74) is 2.12. The second-order valence-corrected chi connectivity index (χ2v) is 5.57. The van der Waals surface area contributed by atoms with Crippen molar-refractivity contribution in [2.75, 3.05) is 6.61 Å². The lowest BCUT2D eigenvalue weighted by atomic mass is 10.0. The number of aliphatic hydroxyl groups excluding tert-OH is 1. The average Bonchev–Trinajstić information content (AvgIpc) is 3.02. The average molecular weight is 315 g/mol. The summed E-state index contributed by atoms with van der Waals surface area (Å²) in [5, 5.41) is 12.1. The van der Waals surface area contributed by atoms with E-state index in [1.807, 2.05) is 43.3 Å². The van der Waals surface area contributed by atoms with Gasteiger partial charge in [-0.25, -0.2) is 0 Å². The number of aryl methyl sites for hydroxylation is 2. The van der Waals surface area contributed by atoms with Crippen LogP contribution in [-0.4, -0.2) is 17.6 Å². The van der Waals surface area contributed by atoms with Gasteiger partial charge in [-0.1, -0.05) is 44.2 Å². The van der Waals surface area contributed by atoms with Gasteiger partial charge in [-0.3, -0.25) is 4.79 Å². The van der Waals surface area contributed by atoms with Crippen LogP contribution in [0.4, 0.5) is 0 Å². The molecule has 2 aromatic rings. The Balaban J connectivity index is 2.15. The zero-order valence-electron chi connectivity index (χ0n) is 13.8. The van der Waals surface area contributed by atoms with Gasteiger partial charge in [0.2, 0.25) is 0 Å². The Morgan fingerprint density at radius 3 is 2.52 bits per heavy atom. The highest BCUT2D eigenvalue weighted by molar-refractivity contribution is 5.92. The number of furan rings is 1. The van der Waals surface area contributed by atoms with Crippen LogP contribution in [0.1, 0.15) is 60.2 Å². The maximum atomic E-state index is 12.5. The Kier molecular flexibility index (Phi) is 6.41. The quantitative estimate of drug-likeness (QED) is 0.781. The fourth-order valence-electron chi connectivity index (χ4n) is 2.71. The lowest BCUT2D eigenvalue weighted by Gasteiger charge is -2.18. The predicted octanol–water partition coefficient (Wildman–Crippen LogP) is 3.65. The van der Waals surface area contributed by atoms with Crippen LogP contribution in [0, 0.1) is 0 Å². The zero-order chi connectivity index (χ0) is 16.7. The summed E-state index contributed by atoms with van der Waals surface area (Å²) in [6.07, 6.45) is 2.96. The van der Waals surface area contributed by atoms with E-state index in [1.54, 1.807) is 0 Å². The van der Waals surface area contributed by atoms with Gasteiger partial charge in [0, 0.05) is 13.0 Å². The first-order chi connectivity index (χ1) is 11.2. The van der Waals surface area contributed by atoms with E-state index in [-0.39, 0.29) is 18.6 Å². The number of hydrogen-bond donors (Lipinski definition) is 2. The lowest BCUT2D eigenvalue weighted by molar-refractivity contribution is 0.0902. The Labute approximate surface area is 137 Å². The molecule has 1 aromatic carbocycles. The molecule has 0 saturated heterocycles. The molecule has 23 heavy (non-hydrogen) atoms. The van der Waals surface area contributed by atoms with Crippen LogP contribution in [0.15, 0.2) is 40.8 Å². The Hall–Kier alpha value is -2.07. The molecular weight excluding hydrogens is 290 g/mol. The molecule has 124 valence electrons. The molecule has 1 amide bonds. The third-order valence-electron chi connectivity index (χ3n) is 3.98. The molecule has 2 N–H and O–H groups in total. The summed E-state index contributed by atoms with van der Waals surface area (Å²) >= 11 is 0. The normalized spacial score (nSPS) is 12.1. The number of amides is 1. The third kappa shape index (κ3) is 4.45. The van der Waals surface area contributed by atoms with Gasteiger partial charge >= 0.3 is 0 Å². The highest BCUT2D eigenvalue weighted by Gasteiger charge is 2.19. The van der Waals surface area contributed by atoms with Crippen molar-refractivity contribution in [3.63, 3.8) is 0 Å². The largest absolute Gasteiger partial charge is 0.456 e. The summed E-state index contributed by atoms with van der Waals surface area (Å²) in [6, 6.07) is 11.5. The van der Waals surface area contributed by atoms with E-state index >= 15 is 0 Å². The Bertz CT molecular complexity index is 597. The van der Waals surface area contributed by atoms with E-state index in [0.717, 1.165) is 29.7 Å². The number of rotatable bonds is 8. The molecule has 0 saturated carbocycles. The van der Waals surface area contributed by atoms with E-state index in [2.05, 4.69) is 12.2 Å². The minimum atomic E-state index is -0.203. The van der Waals surface area contributed by atoms with Crippen molar-refractivity contribution in [1.29, 1.82) is 0 Å². The maximum Gasteiger partial charge on any atom is 0.287 e. The SMILES string of the molecule is CCc1cc(C(=O)NC(CCCO)c2ccccc2)oc1CC. The van der Waals surface area contributed by atoms with Crippen molar-refractivity contribution >= 4 is 5.91 Å². The predicted molar refractivity (Wildman–Crippen MR) is 90.4 cm³/mol. The molecule has 1 atom stereocenters. The van der Waals surface area contributed by atoms with Crippen molar-refractivity contribution in [3.8, 4) is 0 Å². The standard InChI is InChI=1S/C19H25NO3/c1-3-14-13-18(23-17(14)4-2)19(22)20-16(11-8-12-21)15-9-6-5-7-10-15/h5-7,9-10,13,16,21H,3-4,8,11-12H2,1-2H3,(H,20,22). The van der Waals surface area contributed by atoms with Crippen LogP contribution in [0.25, 0.3) is 0 Å². The van der Waals surface area contributed by atoms with E-state index in [1.165, 1.54) is 0 Å². The Morgan fingerprint density at radius 2 is 1.96 bits per heavy atom. The van der Waals surface area contributed by atoms with Crippen molar-refractivity contribution in [2.45, 2.75) is 45.6 Å². The number of carbonyl (C=O) groups excluding carboxylic acids is 1. The van der Waals surface area contributed by atoms with Gasteiger partial charge in [0.1, 0.15) is 5.76 Å². The molecule has 0 aliphatic heterocycles. The molecule has 0 spiro atoms. The minimum Gasteiger partial charge on any atom is -0.456 e. The summed E-state index contributed by atoms with van der Waals surface area (Å²) in [6.45, 7) is 4.19. The molecule has 4 nitrogen and oxygen atoms in total. The van der Waals surface area contributed by atoms with Crippen LogP contribution < -0.4 is 5.32 Å². The molecule has 1 heterocycles. The minimum absolute atomic E-state index is 0.111. The molecular formula is C19H25NO3. The number of aliphatic hydroxyl groups is 1. The second kappa shape index (κ2) is 8.53. The van der Waals surface area contributed by atoms with E-state index in [0.29, 0.717) is 18.6 Å². The highest BCUT2D eigenvalue weighted by atomic mass is 16.4. The fourth-order valence-corrected chi connectivity index (χ4v) is 2.71. The first-order valence-corrected chi connectivity index (χ1v) is 8.27. The van der Waals surface area contributed by atoms with Crippen molar-refractivity contribution in [1.82, 2.24) is 5.32 Å². The number of carbonyl (C=O) groups is 1. The van der Waals surface area contributed by atoms with Gasteiger partial charge < -0.3 is 14.8 Å². The molecule has 1 aromatic heterocycles. The summed E-state index contributed by atoms with van der Waals surface area (Å²) in [4.78, 5) is 12.5. The van der Waals surface area contributed by atoms with Gasteiger partial charge in [-0.2, -0.15) is 0 Å². The van der Waals surface area contributed by atoms with Crippen molar-refractivity contribution in [2.24, 2.45) is 0 Å². The summed E-state index contributed by atoms with van der Waals surface area (Å²) in [7, 11) is 0. The van der Waals surface area contributed by atoms with Crippen LogP contribution in [0.3, 0.4) is 0 Å². The molecule has 4 heteroatoms. The summed E-state index contributed by atoms with van der Waals surface area (Å²) in [5.74, 6) is 1.04.